The fourth-order valence-corrected chi connectivity index (χ4v) is 1.91. The number of amidine groups is 1. The zero-order chi connectivity index (χ0) is 11.5. The Morgan fingerprint density at radius 2 is 2.56 bits per heavy atom. The van der Waals surface area contributed by atoms with Crippen LogP contribution >= 0.6 is 0 Å². The molecule has 0 radical (unpaired) electrons. The van der Waals surface area contributed by atoms with Crippen molar-refractivity contribution in [3.05, 3.63) is 18.0 Å². The maximum Gasteiger partial charge on any atom is 0.272 e. The van der Waals surface area contributed by atoms with Crippen LogP contribution in [0.2, 0.25) is 0 Å². The van der Waals surface area contributed by atoms with Crippen molar-refractivity contribution >= 4 is 11.7 Å². The smallest absolute Gasteiger partial charge is 0.272 e. The van der Waals surface area contributed by atoms with Gasteiger partial charge in [0.1, 0.15) is 5.69 Å². The van der Waals surface area contributed by atoms with Gasteiger partial charge in [-0.2, -0.15) is 5.10 Å². The minimum atomic E-state index is -0.319. The van der Waals surface area contributed by atoms with Gasteiger partial charge in [0.15, 0.2) is 5.84 Å². The number of hydrogen-bond donors (Lipinski definition) is 3. The molecule has 2 rings (SSSR count). The fourth-order valence-electron chi connectivity index (χ4n) is 1.91. The Kier molecular flexibility index (Phi) is 2.76. The Morgan fingerprint density at radius 1 is 1.75 bits per heavy atom. The summed E-state index contributed by atoms with van der Waals surface area (Å²) in [7, 11) is 0. The van der Waals surface area contributed by atoms with E-state index in [2.05, 4.69) is 15.4 Å². The number of carbonyl (C=O) groups is 1. The van der Waals surface area contributed by atoms with E-state index in [1.54, 1.807) is 11.0 Å². The first-order valence-corrected chi connectivity index (χ1v) is 5.02. The van der Waals surface area contributed by atoms with Crippen LogP contribution in [0.4, 0.5) is 0 Å². The number of carbonyl (C=O) groups excluding carboxylic acids is 1. The molecule has 86 valence electrons. The van der Waals surface area contributed by atoms with E-state index in [1.165, 1.54) is 6.20 Å². The monoisotopic (exact) mass is 223 g/mol. The lowest BCUT2D eigenvalue weighted by atomic mass is 10.2. The van der Waals surface area contributed by atoms with Crippen LogP contribution in [0.15, 0.2) is 17.4 Å². The molecule has 1 aromatic rings. The van der Waals surface area contributed by atoms with E-state index < -0.39 is 0 Å². The van der Waals surface area contributed by atoms with Crippen LogP contribution in [0, 0.1) is 0 Å². The minimum absolute atomic E-state index is 0.0744. The van der Waals surface area contributed by atoms with Gasteiger partial charge in [0.2, 0.25) is 0 Å². The second-order valence-corrected chi connectivity index (χ2v) is 3.65. The zero-order valence-corrected chi connectivity index (χ0v) is 8.63. The van der Waals surface area contributed by atoms with Crippen molar-refractivity contribution in [2.75, 3.05) is 6.54 Å². The quantitative estimate of drug-likeness (QED) is 0.278. The molecule has 1 atom stereocenters. The van der Waals surface area contributed by atoms with Crippen molar-refractivity contribution in [3.63, 3.8) is 0 Å². The molecule has 0 bridgehead atoms. The van der Waals surface area contributed by atoms with Gasteiger partial charge in [0.25, 0.3) is 5.91 Å². The summed E-state index contributed by atoms with van der Waals surface area (Å²) in [5, 5.41) is 17.9. The minimum Gasteiger partial charge on any atom is -0.409 e. The number of likely N-dealkylation sites (tertiary alicyclic amines) is 1. The van der Waals surface area contributed by atoms with Crippen molar-refractivity contribution in [1.29, 1.82) is 0 Å². The van der Waals surface area contributed by atoms with Crippen molar-refractivity contribution in [3.8, 4) is 0 Å². The first-order chi connectivity index (χ1) is 7.74. The average Bonchev–Trinajstić information content (AvgIpc) is 2.97. The van der Waals surface area contributed by atoms with E-state index in [9.17, 15) is 4.79 Å². The molecule has 1 aliphatic heterocycles. The van der Waals surface area contributed by atoms with Gasteiger partial charge in [0, 0.05) is 12.7 Å². The number of oxime groups is 1. The normalized spacial score (nSPS) is 21.4. The van der Waals surface area contributed by atoms with Gasteiger partial charge < -0.3 is 15.8 Å². The molecule has 7 heteroatoms. The van der Waals surface area contributed by atoms with Crippen LogP contribution in [0.5, 0.6) is 0 Å². The summed E-state index contributed by atoms with van der Waals surface area (Å²) in [5.74, 6) is -0.100. The molecule has 0 spiro atoms. The number of aromatic nitrogens is 2. The van der Waals surface area contributed by atoms with Gasteiger partial charge in [0.05, 0.1) is 6.04 Å². The predicted molar refractivity (Wildman–Crippen MR) is 56.1 cm³/mol. The molecule has 1 fully saturated rings. The molecular weight excluding hydrogens is 210 g/mol. The molecule has 1 aromatic heterocycles. The number of nitrogens with one attached hydrogen (secondary N) is 1. The second-order valence-electron chi connectivity index (χ2n) is 3.65. The van der Waals surface area contributed by atoms with Crippen molar-refractivity contribution in [1.82, 2.24) is 15.1 Å². The third kappa shape index (κ3) is 1.71. The molecule has 0 aliphatic carbocycles. The summed E-state index contributed by atoms with van der Waals surface area (Å²) < 4.78 is 0. The number of amides is 1. The van der Waals surface area contributed by atoms with Crippen LogP contribution in [0.1, 0.15) is 23.3 Å². The van der Waals surface area contributed by atoms with E-state index in [4.69, 9.17) is 10.9 Å². The SMILES string of the molecule is NC(=NO)C1CCCN1C(=O)c1ccn[nH]1. The summed E-state index contributed by atoms with van der Waals surface area (Å²) >= 11 is 0. The molecule has 16 heavy (non-hydrogen) atoms. The molecule has 1 aliphatic rings. The number of rotatable bonds is 2. The molecular formula is C9H13N5O2. The third-order valence-corrected chi connectivity index (χ3v) is 2.70. The van der Waals surface area contributed by atoms with Gasteiger partial charge in [-0.3, -0.25) is 9.89 Å². The molecule has 4 N–H and O–H groups in total. The van der Waals surface area contributed by atoms with E-state index >= 15 is 0 Å². The maximum atomic E-state index is 12.0. The second kappa shape index (κ2) is 4.21. The van der Waals surface area contributed by atoms with Crippen LogP contribution in [-0.4, -0.2) is 44.6 Å². The molecule has 0 saturated carbocycles. The first-order valence-electron chi connectivity index (χ1n) is 5.02. The van der Waals surface area contributed by atoms with Gasteiger partial charge in [-0.25, -0.2) is 0 Å². The van der Waals surface area contributed by atoms with Gasteiger partial charge in [-0.1, -0.05) is 5.16 Å². The Bertz CT molecular complexity index is 400. The lowest BCUT2D eigenvalue weighted by Crippen LogP contribution is -2.44. The summed E-state index contributed by atoms with van der Waals surface area (Å²) in [4.78, 5) is 13.6. The average molecular weight is 223 g/mol. The fraction of sp³-hybridized carbons (Fsp3) is 0.444. The van der Waals surface area contributed by atoms with Gasteiger partial charge in [-0.05, 0) is 18.9 Å². The largest absolute Gasteiger partial charge is 0.409 e. The van der Waals surface area contributed by atoms with Crippen LogP contribution in [-0.2, 0) is 0 Å². The standard InChI is InChI=1S/C9H13N5O2/c10-8(13-16)7-2-1-5-14(7)9(15)6-3-4-11-12-6/h3-4,7,16H,1-2,5H2,(H2,10,13)(H,11,12). The highest BCUT2D eigenvalue weighted by Gasteiger charge is 2.32. The van der Waals surface area contributed by atoms with Gasteiger partial charge in [-0.15, -0.1) is 0 Å². The van der Waals surface area contributed by atoms with E-state index in [0.717, 1.165) is 12.8 Å². The molecule has 1 saturated heterocycles. The number of aromatic amines is 1. The molecule has 7 nitrogen and oxygen atoms in total. The zero-order valence-electron chi connectivity index (χ0n) is 8.63. The first kappa shape index (κ1) is 10.5. The topological polar surface area (TPSA) is 108 Å². The highest BCUT2D eigenvalue weighted by molar-refractivity contribution is 5.97. The number of nitrogens with two attached hydrogens (primary N) is 1. The highest BCUT2D eigenvalue weighted by atomic mass is 16.4. The summed E-state index contributed by atoms with van der Waals surface area (Å²) in [6.45, 7) is 0.610. The maximum absolute atomic E-state index is 12.0. The Morgan fingerprint density at radius 3 is 3.19 bits per heavy atom. The number of H-pyrrole nitrogens is 1. The van der Waals surface area contributed by atoms with Crippen molar-refractivity contribution < 1.29 is 10.0 Å². The third-order valence-electron chi connectivity index (χ3n) is 2.70. The number of hydrogen-bond acceptors (Lipinski definition) is 4. The summed E-state index contributed by atoms with van der Waals surface area (Å²) in [6, 6.07) is 1.28. The van der Waals surface area contributed by atoms with E-state index in [0.29, 0.717) is 12.2 Å². The van der Waals surface area contributed by atoms with Crippen molar-refractivity contribution in [2.24, 2.45) is 10.9 Å². The Labute approximate surface area is 91.9 Å². The summed E-state index contributed by atoms with van der Waals surface area (Å²) in [6.07, 6.45) is 3.08. The Hall–Kier alpha value is -2.05. The Balaban J connectivity index is 2.18. The lowest BCUT2D eigenvalue weighted by Gasteiger charge is -2.22. The van der Waals surface area contributed by atoms with Crippen molar-refractivity contribution in [2.45, 2.75) is 18.9 Å². The van der Waals surface area contributed by atoms with E-state index in [1.807, 2.05) is 0 Å². The van der Waals surface area contributed by atoms with Gasteiger partial charge >= 0.3 is 0 Å². The van der Waals surface area contributed by atoms with E-state index in [-0.39, 0.29) is 17.8 Å². The lowest BCUT2D eigenvalue weighted by molar-refractivity contribution is 0.0762. The molecule has 1 unspecified atom stereocenters. The van der Waals surface area contributed by atoms with Crippen LogP contribution in [0.25, 0.3) is 0 Å². The summed E-state index contributed by atoms with van der Waals surface area (Å²) in [5.41, 5.74) is 5.95. The molecule has 0 aromatic carbocycles. The van der Waals surface area contributed by atoms with Crippen LogP contribution in [0.3, 0.4) is 0 Å². The highest BCUT2D eigenvalue weighted by Crippen LogP contribution is 2.19. The number of nitrogens with zero attached hydrogens (tertiary/aromatic N) is 3. The van der Waals surface area contributed by atoms with Crippen LogP contribution < -0.4 is 5.73 Å². The molecule has 1 amide bonds. The molecule has 2 heterocycles. The predicted octanol–water partition coefficient (Wildman–Crippen LogP) is -0.239.